The Morgan fingerprint density at radius 3 is 2.63 bits per heavy atom. The summed E-state index contributed by atoms with van der Waals surface area (Å²) in [7, 11) is 0. The van der Waals surface area contributed by atoms with E-state index in [9.17, 15) is 4.79 Å². The number of benzene rings is 2. The van der Waals surface area contributed by atoms with Crippen LogP contribution < -0.4 is 19.7 Å². The Morgan fingerprint density at radius 2 is 1.87 bits per heavy atom. The van der Waals surface area contributed by atoms with Gasteiger partial charge in [0.05, 0.1) is 12.1 Å². The molecule has 0 bridgehead atoms. The van der Waals surface area contributed by atoms with Gasteiger partial charge in [-0.05, 0) is 62.7 Å². The van der Waals surface area contributed by atoms with Crippen molar-refractivity contribution in [3.8, 4) is 22.8 Å². The zero-order valence-corrected chi connectivity index (χ0v) is 17.4. The normalized spacial score (nSPS) is 12.1. The van der Waals surface area contributed by atoms with E-state index >= 15 is 0 Å². The maximum atomic E-state index is 12.5. The molecule has 0 radical (unpaired) electrons. The summed E-state index contributed by atoms with van der Waals surface area (Å²) in [6, 6.07) is 13.4. The Kier molecular flexibility index (Phi) is 5.61. The molecule has 1 amide bonds. The van der Waals surface area contributed by atoms with E-state index in [0.717, 1.165) is 35.6 Å². The predicted octanol–water partition coefficient (Wildman–Crippen LogP) is 4.41. The van der Waals surface area contributed by atoms with Gasteiger partial charge in [0.1, 0.15) is 0 Å². The molecule has 0 spiro atoms. The maximum absolute atomic E-state index is 12.5. The minimum absolute atomic E-state index is 0.130. The van der Waals surface area contributed by atoms with Crippen LogP contribution in [0.5, 0.6) is 11.5 Å². The topological polar surface area (TPSA) is 76.8 Å². The Labute approximate surface area is 175 Å². The zero-order chi connectivity index (χ0) is 21.1. The number of nitrogens with zero attached hydrogens (tertiary/aromatic N) is 2. The zero-order valence-electron chi connectivity index (χ0n) is 17.4. The summed E-state index contributed by atoms with van der Waals surface area (Å²) in [5.41, 5.74) is 4.36. The van der Waals surface area contributed by atoms with Crippen molar-refractivity contribution in [1.82, 2.24) is 5.16 Å². The van der Waals surface area contributed by atoms with E-state index in [1.54, 1.807) is 6.07 Å². The van der Waals surface area contributed by atoms with E-state index < -0.39 is 0 Å². The molecule has 1 aliphatic rings. The van der Waals surface area contributed by atoms with Crippen LogP contribution in [0.1, 0.15) is 25.1 Å². The summed E-state index contributed by atoms with van der Waals surface area (Å²) in [6.45, 7) is 8.36. The molecule has 1 aromatic heterocycles. The summed E-state index contributed by atoms with van der Waals surface area (Å²) in [5.74, 6) is 1.82. The molecule has 1 aliphatic heterocycles. The van der Waals surface area contributed by atoms with Crippen LogP contribution in [0.15, 0.2) is 47.0 Å². The first-order chi connectivity index (χ1) is 14.6. The lowest BCUT2D eigenvalue weighted by atomic mass is 10.1. The van der Waals surface area contributed by atoms with Gasteiger partial charge in [0.15, 0.2) is 17.3 Å². The van der Waals surface area contributed by atoms with E-state index in [1.165, 1.54) is 0 Å². The Bertz CT molecular complexity index is 1060. The number of ether oxygens (including phenoxy) is 2. The molecule has 0 unspecified atom stereocenters. The molecule has 156 valence electrons. The van der Waals surface area contributed by atoms with E-state index in [0.29, 0.717) is 23.0 Å². The predicted molar refractivity (Wildman–Crippen MR) is 115 cm³/mol. The molecule has 7 nitrogen and oxygen atoms in total. The van der Waals surface area contributed by atoms with E-state index in [-0.39, 0.29) is 19.1 Å². The molecule has 0 fully saturated rings. The molecule has 1 N–H and O–H groups in total. The van der Waals surface area contributed by atoms with Gasteiger partial charge < -0.3 is 24.2 Å². The number of nitrogens with one attached hydrogen (secondary N) is 1. The highest BCUT2D eigenvalue weighted by atomic mass is 16.7. The fourth-order valence-corrected chi connectivity index (χ4v) is 3.51. The number of rotatable bonds is 7. The maximum Gasteiger partial charge on any atom is 0.231 e. The monoisotopic (exact) mass is 407 g/mol. The number of amides is 1. The number of aromatic nitrogens is 1. The van der Waals surface area contributed by atoms with Gasteiger partial charge in [-0.3, -0.25) is 4.79 Å². The lowest BCUT2D eigenvalue weighted by Crippen LogP contribution is -2.22. The van der Waals surface area contributed by atoms with Crippen molar-refractivity contribution in [2.45, 2.75) is 27.2 Å². The van der Waals surface area contributed by atoms with Crippen LogP contribution >= 0.6 is 0 Å². The van der Waals surface area contributed by atoms with Crippen LogP contribution in [0.25, 0.3) is 11.3 Å². The van der Waals surface area contributed by atoms with Crippen LogP contribution in [-0.2, 0) is 11.2 Å². The van der Waals surface area contributed by atoms with Crippen molar-refractivity contribution in [3.05, 3.63) is 53.7 Å². The molecule has 7 heteroatoms. The first kappa shape index (κ1) is 19.8. The summed E-state index contributed by atoms with van der Waals surface area (Å²) in [4.78, 5) is 14.8. The number of hydrogen-bond donors (Lipinski definition) is 1. The number of carbonyl (C=O) groups excluding carboxylic acids is 1. The lowest BCUT2D eigenvalue weighted by molar-refractivity contribution is -0.115. The Hall–Kier alpha value is -3.48. The number of hydrogen-bond acceptors (Lipinski definition) is 6. The van der Waals surface area contributed by atoms with Crippen molar-refractivity contribution in [2.24, 2.45) is 0 Å². The molecule has 0 atom stereocenters. The van der Waals surface area contributed by atoms with Gasteiger partial charge in [-0.2, -0.15) is 0 Å². The highest BCUT2D eigenvalue weighted by molar-refractivity contribution is 5.93. The molecule has 0 aliphatic carbocycles. The standard InChI is InChI=1S/C23H25N3O4/c1-4-26(5-2)18-7-8-19(15(3)10-18)24-23(27)13-17-12-21(30-25-17)16-6-9-20-22(11-16)29-14-28-20/h6-12H,4-5,13-14H2,1-3H3,(H,24,27). The molecule has 0 saturated carbocycles. The van der Waals surface area contributed by atoms with Crippen molar-refractivity contribution < 1.29 is 18.8 Å². The number of fused-ring (bicyclic) bond motifs is 1. The second-order valence-electron chi connectivity index (χ2n) is 7.15. The van der Waals surface area contributed by atoms with E-state index in [4.69, 9.17) is 14.0 Å². The van der Waals surface area contributed by atoms with Gasteiger partial charge in [0.2, 0.25) is 12.7 Å². The SMILES string of the molecule is CCN(CC)c1ccc(NC(=O)Cc2cc(-c3ccc4c(c3)OCO4)on2)c(C)c1. The fraction of sp³-hybridized carbons (Fsp3) is 0.304. The smallest absolute Gasteiger partial charge is 0.231 e. The Balaban J connectivity index is 1.41. The van der Waals surface area contributed by atoms with Gasteiger partial charge in [0, 0.05) is 36.1 Å². The molecule has 30 heavy (non-hydrogen) atoms. The lowest BCUT2D eigenvalue weighted by Gasteiger charge is -2.22. The summed E-state index contributed by atoms with van der Waals surface area (Å²) in [5, 5.41) is 7.00. The third-order valence-electron chi connectivity index (χ3n) is 5.17. The van der Waals surface area contributed by atoms with Crippen LogP contribution in [0.4, 0.5) is 11.4 Å². The highest BCUT2D eigenvalue weighted by Gasteiger charge is 2.17. The highest BCUT2D eigenvalue weighted by Crippen LogP contribution is 2.36. The second-order valence-corrected chi connectivity index (χ2v) is 7.15. The Morgan fingerprint density at radius 1 is 1.07 bits per heavy atom. The quantitative estimate of drug-likeness (QED) is 0.625. The molecule has 4 rings (SSSR count). The van der Waals surface area contributed by atoms with Crippen LogP contribution in [-0.4, -0.2) is 30.9 Å². The number of carbonyl (C=O) groups is 1. The summed E-state index contributed by atoms with van der Waals surface area (Å²) >= 11 is 0. The van der Waals surface area contributed by atoms with Gasteiger partial charge >= 0.3 is 0 Å². The van der Waals surface area contributed by atoms with Crippen molar-refractivity contribution in [2.75, 3.05) is 30.1 Å². The molecule has 3 aromatic rings. The summed E-state index contributed by atoms with van der Waals surface area (Å²) < 4.78 is 16.1. The molecule has 2 aromatic carbocycles. The molecular formula is C23H25N3O4. The van der Waals surface area contributed by atoms with E-state index in [2.05, 4.69) is 35.3 Å². The van der Waals surface area contributed by atoms with Gasteiger partial charge in [-0.1, -0.05) is 5.16 Å². The third-order valence-corrected chi connectivity index (χ3v) is 5.17. The van der Waals surface area contributed by atoms with E-state index in [1.807, 2.05) is 37.3 Å². The second kappa shape index (κ2) is 8.49. The minimum atomic E-state index is -0.140. The third kappa shape index (κ3) is 4.10. The largest absolute Gasteiger partial charge is 0.454 e. The van der Waals surface area contributed by atoms with Crippen LogP contribution in [0.2, 0.25) is 0 Å². The van der Waals surface area contributed by atoms with Crippen LogP contribution in [0.3, 0.4) is 0 Å². The van der Waals surface area contributed by atoms with Gasteiger partial charge in [-0.15, -0.1) is 0 Å². The van der Waals surface area contributed by atoms with Crippen molar-refractivity contribution >= 4 is 17.3 Å². The first-order valence-corrected chi connectivity index (χ1v) is 10.1. The van der Waals surface area contributed by atoms with Crippen molar-refractivity contribution in [1.29, 1.82) is 0 Å². The first-order valence-electron chi connectivity index (χ1n) is 10.1. The fourth-order valence-electron chi connectivity index (χ4n) is 3.51. The molecular weight excluding hydrogens is 382 g/mol. The minimum Gasteiger partial charge on any atom is -0.454 e. The average Bonchev–Trinajstić information content (AvgIpc) is 3.39. The van der Waals surface area contributed by atoms with Gasteiger partial charge in [-0.25, -0.2) is 0 Å². The average molecular weight is 407 g/mol. The molecule has 0 saturated heterocycles. The van der Waals surface area contributed by atoms with Crippen LogP contribution in [0, 0.1) is 6.92 Å². The number of anilines is 2. The molecule has 2 heterocycles. The summed E-state index contributed by atoms with van der Waals surface area (Å²) in [6.07, 6.45) is 0.130. The van der Waals surface area contributed by atoms with Gasteiger partial charge in [0.25, 0.3) is 0 Å². The van der Waals surface area contributed by atoms with Crippen molar-refractivity contribution in [3.63, 3.8) is 0 Å². The number of aryl methyl sites for hydroxylation is 1.